The summed E-state index contributed by atoms with van der Waals surface area (Å²) in [6, 6.07) is 9.56. The summed E-state index contributed by atoms with van der Waals surface area (Å²) in [6.45, 7) is 6.96. The molecule has 31 heavy (non-hydrogen) atoms. The summed E-state index contributed by atoms with van der Waals surface area (Å²) in [4.78, 5) is 11.6. The fourth-order valence-corrected chi connectivity index (χ4v) is 3.52. The van der Waals surface area contributed by atoms with E-state index in [1.807, 2.05) is 37.4 Å². The van der Waals surface area contributed by atoms with Crippen LogP contribution in [0.25, 0.3) is 22.1 Å². The summed E-state index contributed by atoms with van der Waals surface area (Å²) in [6.07, 6.45) is 5.58. The molecule has 158 valence electrons. The Bertz CT molecular complexity index is 1310. The Kier molecular flexibility index (Phi) is 5.64. The first-order chi connectivity index (χ1) is 15.0. The molecule has 1 atom stereocenters. The number of aliphatic hydroxyl groups is 1. The first-order valence-electron chi connectivity index (χ1n) is 9.81. The Balaban J connectivity index is 1.69. The summed E-state index contributed by atoms with van der Waals surface area (Å²) in [5.41, 5.74) is 4.27. The smallest absolute Gasteiger partial charge is 0.160 e. The molecule has 8 heteroatoms. The van der Waals surface area contributed by atoms with Gasteiger partial charge in [-0.2, -0.15) is 9.61 Å². The largest absolute Gasteiger partial charge is 0.386 e. The van der Waals surface area contributed by atoms with Crippen LogP contribution >= 0.6 is 0 Å². The van der Waals surface area contributed by atoms with Gasteiger partial charge in [-0.1, -0.05) is 18.2 Å². The van der Waals surface area contributed by atoms with Gasteiger partial charge in [0.25, 0.3) is 0 Å². The van der Waals surface area contributed by atoms with Crippen molar-refractivity contribution in [3.05, 3.63) is 77.6 Å². The van der Waals surface area contributed by atoms with Gasteiger partial charge in [0.1, 0.15) is 5.82 Å². The Hall–Kier alpha value is -3.78. The molecule has 0 amide bonds. The number of anilines is 1. The highest BCUT2D eigenvalue weighted by atomic mass is 19.1. The summed E-state index contributed by atoms with van der Waals surface area (Å²) >= 11 is 0. The normalized spacial score (nSPS) is 13.7. The van der Waals surface area contributed by atoms with Crippen LogP contribution in [-0.4, -0.2) is 38.0 Å². The van der Waals surface area contributed by atoms with Crippen molar-refractivity contribution in [3.63, 3.8) is 0 Å². The molecule has 0 saturated heterocycles. The van der Waals surface area contributed by atoms with E-state index in [0.29, 0.717) is 22.7 Å². The number of halogens is 1. The number of aromatic amines is 1. The summed E-state index contributed by atoms with van der Waals surface area (Å²) in [5.74, 6) is 0.248. The summed E-state index contributed by atoms with van der Waals surface area (Å²) < 4.78 is 15.3. The highest BCUT2D eigenvalue weighted by Gasteiger charge is 2.16. The number of hydrogen-bond acceptors (Lipinski definition) is 5. The molecular formula is C23H23FN6O. The molecule has 0 saturated carbocycles. The number of aryl methyl sites for hydroxylation is 1. The number of aliphatic hydroxyl groups excluding tert-OH is 1. The number of para-hydroxylation sites is 1. The topological polar surface area (TPSA) is 90.6 Å². The van der Waals surface area contributed by atoms with Crippen LogP contribution in [-0.2, 0) is 0 Å². The highest BCUT2D eigenvalue weighted by Crippen LogP contribution is 2.26. The average molecular weight is 418 g/mol. The second-order valence-corrected chi connectivity index (χ2v) is 7.27. The zero-order chi connectivity index (χ0) is 22.0. The zero-order valence-corrected chi connectivity index (χ0v) is 17.3. The van der Waals surface area contributed by atoms with Crippen molar-refractivity contribution in [1.29, 1.82) is 0 Å². The third-order valence-corrected chi connectivity index (χ3v) is 4.99. The predicted octanol–water partition coefficient (Wildman–Crippen LogP) is 4.58. The molecule has 0 spiro atoms. The van der Waals surface area contributed by atoms with Gasteiger partial charge in [0, 0.05) is 52.6 Å². The molecular weight excluding hydrogens is 395 g/mol. The number of aromatic nitrogens is 4. The maximum absolute atomic E-state index is 13.6. The lowest BCUT2D eigenvalue weighted by atomic mass is 10.1. The average Bonchev–Trinajstić information content (AvgIpc) is 3.35. The first kappa shape index (κ1) is 20.5. The van der Waals surface area contributed by atoms with E-state index in [1.165, 1.54) is 19.2 Å². The van der Waals surface area contributed by atoms with Crippen LogP contribution < -0.4 is 5.32 Å². The Morgan fingerprint density at radius 2 is 2.23 bits per heavy atom. The molecule has 0 fully saturated rings. The standard InChI is InChI=1S/C23H23FN6O/c1-14-10-28-30-22(9-20(29-23(14)30)16(11-25-3)8-15(2)24)27-13-21(31)18-12-26-19-7-5-4-6-17(18)19/h4-12,21,26-27,31H,3,13H2,1-2H3/b15-8+,16-11+/t21-/m0/s1. The van der Waals surface area contributed by atoms with Crippen molar-refractivity contribution in [1.82, 2.24) is 19.6 Å². The van der Waals surface area contributed by atoms with Crippen LogP contribution in [0.2, 0.25) is 0 Å². The van der Waals surface area contributed by atoms with E-state index in [0.717, 1.165) is 22.0 Å². The van der Waals surface area contributed by atoms with Gasteiger partial charge in [0.15, 0.2) is 5.65 Å². The summed E-state index contributed by atoms with van der Waals surface area (Å²) in [7, 11) is 0. The van der Waals surface area contributed by atoms with Crippen molar-refractivity contribution in [2.75, 3.05) is 11.9 Å². The second-order valence-electron chi connectivity index (χ2n) is 7.27. The Labute approximate surface area is 178 Å². The van der Waals surface area contributed by atoms with E-state index in [-0.39, 0.29) is 12.4 Å². The molecule has 0 radical (unpaired) electrons. The minimum Gasteiger partial charge on any atom is -0.386 e. The van der Waals surface area contributed by atoms with Crippen molar-refractivity contribution >= 4 is 34.7 Å². The number of hydrogen-bond donors (Lipinski definition) is 3. The number of aliphatic imine (C=N–C) groups is 1. The van der Waals surface area contributed by atoms with Crippen LogP contribution in [0.3, 0.4) is 0 Å². The number of rotatable bonds is 7. The second kappa shape index (κ2) is 8.53. The number of fused-ring (bicyclic) bond motifs is 2. The maximum Gasteiger partial charge on any atom is 0.160 e. The lowest BCUT2D eigenvalue weighted by Gasteiger charge is -2.15. The SMILES string of the molecule is C=N/C=C(\C=C(/C)F)c1cc(NC[C@H](O)c2c[nH]c3ccccc23)n2ncc(C)c2n1. The Morgan fingerprint density at radius 1 is 1.42 bits per heavy atom. The fraction of sp³-hybridized carbons (Fsp3) is 0.174. The van der Waals surface area contributed by atoms with Crippen molar-refractivity contribution < 1.29 is 9.50 Å². The van der Waals surface area contributed by atoms with E-state index in [1.54, 1.807) is 16.8 Å². The van der Waals surface area contributed by atoms with Crippen LogP contribution in [0.15, 0.2) is 65.8 Å². The minimum atomic E-state index is -0.752. The van der Waals surface area contributed by atoms with Gasteiger partial charge in [-0.3, -0.25) is 4.99 Å². The van der Waals surface area contributed by atoms with Gasteiger partial charge in [0.2, 0.25) is 0 Å². The van der Waals surface area contributed by atoms with Gasteiger partial charge in [-0.05, 0) is 32.7 Å². The number of benzene rings is 1. The van der Waals surface area contributed by atoms with E-state index >= 15 is 0 Å². The number of nitrogens with zero attached hydrogens (tertiary/aromatic N) is 4. The number of allylic oxidation sites excluding steroid dienone is 3. The third-order valence-electron chi connectivity index (χ3n) is 4.99. The molecule has 4 aromatic rings. The van der Waals surface area contributed by atoms with E-state index in [9.17, 15) is 9.50 Å². The van der Waals surface area contributed by atoms with Gasteiger partial charge >= 0.3 is 0 Å². The van der Waals surface area contributed by atoms with Crippen LogP contribution in [0.1, 0.15) is 29.8 Å². The molecule has 3 heterocycles. The molecule has 0 aliphatic rings. The van der Waals surface area contributed by atoms with E-state index in [4.69, 9.17) is 0 Å². The molecule has 0 unspecified atom stereocenters. The van der Waals surface area contributed by atoms with Crippen molar-refractivity contribution in [3.8, 4) is 0 Å². The lowest BCUT2D eigenvalue weighted by molar-refractivity contribution is 0.193. The van der Waals surface area contributed by atoms with Gasteiger partial charge in [0.05, 0.1) is 23.8 Å². The van der Waals surface area contributed by atoms with E-state index in [2.05, 4.69) is 32.1 Å². The van der Waals surface area contributed by atoms with Crippen LogP contribution in [0, 0.1) is 6.92 Å². The van der Waals surface area contributed by atoms with Gasteiger partial charge in [-0.15, -0.1) is 0 Å². The number of H-pyrrole nitrogens is 1. The molecule has 1 aromatic carbocycles. The molecule has 0 aliphatic carbocycles. The van der Waals surface area contributed by atoms with Crippen LogP contribution in [0.5, 0.6) is 0 Å². The number of nitrogens with one attached hydrogen (secondary N) is 2. The van der Waals surface area contributed by atoms with E-state index < -0.39 is 6.10 Å². The molecule has 3 N–H and O–H groups in total. The molecule has 4 rings (SSSR count). The van der Waals surface area contributed by atoms with Gasteiger partial charge < -0.3 is 15.4 Å². The third kappa shape index (κ3) is 4.10. The van der Waals surface area contributed by atoms with Crippen molar-refractivity contribution in [2.45, 2.75) is 20.0 Å². The zero-order valence-electron chi connectivity index (χ0n) is 17.3. The molecule has 0 bridgehead atoms. The maximum atomic E-state index is 13.6. The van der Waals surface area contributed by atoms with Gasteiger partial charge in [-0.25, -0.2) is 9.37 Å². The summed E-state index contributed by atoms with van der Waals surface area (Å²) in [5, 5.41) is 19.4. The highest BCUT2D eigenvalue weighted by molar-refractivity contribution is 5.83. The molecule has 7 nitrogen and oxygen atoms in total. The predicted molar refractivity (Wildman–Crippen MR) is 122 cm³/mol. The Morgan fingerprint density at radius 3 is 3.00 bits per heavy atom. The monoisotopic (exact) mass is 418 g/mol. The quantitative estimate of drug-likeness (QED) is 0.303. The lowest BCUT2D eigenvalue weighted by Crippen LogP contribution is -2.15. The fourth-order valence-electron chi connectivity index (χ4n) is 3.52. The molecule has 3 aromatic heterocycles. The molecule has 0 aliphatic heterocycles. The first-order valence-corrected chi connectivity index (χ1v) is 9.81. The minimum absolute atomic E-state index is 0.246. The van der Waals surface area contributed by atoms with Crippen LogP contribution in [0.4, 0.5) is 10.2 Å². The van der Waals surface area contributed by atoms with Crippen molar-refractivity contribution in [2.24, 2.45) is 4.99 Å².